The van der Waals surface area contributed by atoms with Crippen molar-refractivity contribution >= 4 is 10.8 Å². The topological polar surface area (TPSA) is 31.4 Å². The average Bonchev–Trinajstić information content (AvgIpc) is 2.83. The zero-order valence-electron chi connectivity index (χ0n) is 18.4. The Kier molecular flexibility index (Phi) is 7.00. The highest BCUT2D eigenvalue weighted by atomic mass is 19.4. The number of benzene rings is 3. The SMILES string of the molecule is C=CCOc1ccc(-c2ccc3c(F)c(CCc4ccc(OC(F)(F)F)c(F)c4)ccc3c2)nc1. The van der Waals surface area contributed by atoms with Gasteiger partial charge in [0, 0.05) is 10.9 Å². The minimum absolute atomic E-state index is 0.244. The summed E-state index contributed by atoms with van der Waals surface area (Å²) in [6.45, 7) is 3.98. The molecule has 0 fully saturated rings. The van der Waals surface area contributed by atoms with Crippen LogP contribution in [0.5, 0.6) is 11.5 Å². The van der Waals surface area contributed by atoms with Crippen molar-refractivity contribution in [3.8, 4) is 22.8 Å². The van der Waals surface area contributed by atoms with Gasteiger partial charge in [0.05, 0.1) is 11.9 Å². The summed E-state index contributed by atoms with van der Waals surface area (Å²) in [6, 6.07) is 15.6. The van der Waals surface area contributed by atoms with Crippen molar-refractivity contribution in [1.29, 1.82) is 0 Å². The number of nitrogens with zero attached hydrogens (tertiary/aromatic N) is 1. The van der Waals surface area contributed by atoms with Gasteiger partial charge in [0.15, 0.2) is 11.6 Å². The predicted octanol–water partition coefficient (Wildman–Crippen LogP) is 7.43. The third kappa shape index (κ3) is 5.95. The Hall–Kier alpha value is -3.94. The third-order valence-corrected chi connectivity index (χ3v) is 5.34. The molecule has 0 N–H and O–H groups in total. The second kappa shape index (κ2) is 10.1. The largest absolute Gasteiger partial charge is 0.573 e. The minimum atomic E-state index is -4.98. The highest BCUT2D eigenvalue weighted by molar-refractivity contribution is 5.88. The molecule has 0 unspecified atom stereocenters. The van der Waals surface area contributed by atoms with Crippen molar-refractivity contribution in [1.82, 2.24) is 4.98 Å². The molecule has 0 spiro atoms. The molecule has 0 amide bonds. The molecule has 0 radical (unpaired) electrons. The van der Waals surface area contributed by atoms with Crippen molar-refractivity contribution in [3.05, 3.63) is 102 Å². The van der Waals surface area contributed by atoms with Crippen LogP contribution in [0.25, 0.3) is 22.0 Å². The van der Waals surface area contributed by atoms with Gasteiger partial charge in [-0.1, -0.05) is 43.0 Å². The van der Waals surface area contributed by atoms with Gasteiger partial charge in [0.1, 0.15) is 18.2 Å². The summed E-state index contributed by atoms with van der Waals surface area (Å²) in [4.78, 5) is 4.39. The second-order valence-corrected chi connectivity index (χ2v) is 7.77. The summed E-state index contributed by atoms with van der Waals surface area (Å²) in [7, 11) is 0. The monoisotopic (exact) mass is 485 g/mol. The van der Waals surface area contributed by atoms with Crippen LogP contribution in [0.3, 0.4) is 0 Å². The summed E-state index contributed by atoms with van der Waals surface area (Å²) in [5.74, 6) is -1.80. The molecule has 0 aliphatic rings. The van der Waals surface area contributed by atoms with E-state index in [1.807, 2.05) is 12.1 Å². The first-order valence-corrected chi connectivity index (χ1v) is 10.7. The Bertz CT molecular complexity index is 1350. The molecule has 4 aromatic rings. The van der Waals surface area contributed by atoms with Crippen LogP contribution in [0.1, 0.15) is 11.1 Å². The van der Waals surface area contributed by atoms with Gasteiger partial charge in [-0.3, -0.25) is 4.98 Å². The Morgan fingerprint density at radius 3 is 2.43 bits per heavy atom. The van der Waals surface area contributed by atoms with Crippen LogP contribution in [0.4, 0.5) is 22.0 Å². The van der Waals surface area contributed by atoms with E-state index >= 15 is 4.39 Å². The van der Waals surface area contributed by atoms with E-state index in [-0.39, 0.29) is 12.8 Å². The summed E-state index contributed by atoms with van der Waals surface area (Å²) in [5, 5.41) is 1.12. The molecule has 3 aromatic carbocycles. The number of alkyl halides is 3. The minimum Gasteiger partial charge on any atom is -0.488 e. The highest BCUT2D eigenvalue weighted by Gasteiger charge is 2.32. The van der Waals surface area contributed by atoms with Crippen LogP contribution in [-0.2, 0) is 12.8 Å². The number of aryl methyl sites for hydroxylation is 2. The van der Waals surface area contributed by atoms with E-state index in [9.17, 15) is 17.6 Å². The second-order valence-electron chi connectivity index (χ2n) is 7.77. The maximum Gasteiger partial charge on any atom is 0.573 e. The van der Waals surface area contributed by atoms with Gasteiger partial charge in [-0.05, 0) is 59.7 Å². The number of hydrogen-bond donors (Lipinski definition) is 0. The van der Waals surface area contributed by atoms with Crippen molar-refractivity contribution in [2.24, 2.45) is 0 Å². The van der Waals surface area contributed by atoms with Crippen molar-refractivity contribution in [3.63, 3.8) is 0 Å². The number of rotatable bonds is 8. The van der Waals surface area contributed by atoms with E-state index in [1.54, 1.807) is 42.6 Å². The number of pyridine rings is 1. The van der Waals surface area contributed by atoms with Crippen LogP contribution in [-0.4, -0.2) is 18.0 Å². The number of halogens is 5. The first kappa shape index (κ1) is 24.2. The molecule has 0 aliphatic heterocycles. The lowest BCUT2D eigenvalue weighted by Crippen LogP contribution is -2.18. The maximum atomic E-state index is 15.1. The van der Waals surface area contributed by atoms with Crippen LogP contribution in [0.15, 0.2) is 79.5 Å². The molecule has 0 atom stereocenters. The highest BCUT2D eigenvalue weighted by Crippen LogP contribution is 2.29. The van der Waals surface area contributed by atoms with Gasteiger partial charge in [-0.15, -0.1) is 13.2 Å². The smallest absolute Gasteiger partial charge is 0.488 e. The van der Waals surface area contributed by atoms with Crippen molar-refractivity contribution in [2.45, 2.75) is 19.2 Å². The Labute approximate surface area is 198 Å². The molecule has 35 heavy (non-hydrogen) atoms. The van der Waals surface area contributed by atoms with Crippen molar-refractivity contribution in [2.75, 3.05) is 6.61 Å². The Morgan fingerprint density at radius 1 is 0.914 bits per heavy atom. The molecule has 1 heterocycles. The van der Waals surface area contributed by atoms with Crippen molar-refractivity contribution < 1.29 is 31.4 Å². The van der Waals surface area contributed by atoms with E-state index < -0.39 is 23.7 Å². The van der Waals surface area contributed by atoms with Gasteiger partial charge in [0.2, 0.25) is 0 Å². The summed E-state index contributed by atoms with van der Waals surface area (Å²) in [6.07, 6.45) is -1.24. The van der Waals surface area contributed by atoms with E-state index in [0.717, 1.165) is 17.7 Å². The Morgan fingerprint density at radius 2 is 1.74 bits per heavy atom. The molecule has 1 aromatic heterocycles. The van der Waals surface area contributed by atoms with E-state index in [1.165, 1.54) is 6.07 Å². The number of hydrogen-bond acceptors (Lipinski definition) is 3. The summed E-state index contributed by atoms with van der Waals surface area (Å²) >= 11 is 0. The molecule has 0 aliphatic carbocycles. The molecule has 180 valence electrons. The van der Waals surface area contributed by atoms with Gasteiger partial charge in [0.25, 0.3) is 0 Å². The molecular formula is C27H20F5NO2. The van der Waals surface area contributed by atoms with E-state index in [0.29, 0.717) is 39.9 Å². The average molecular weight is 485 g/mol. The summed E-state index contributed by atoms with van der Waals surface area (Å²) in [5.41, 5.74) is 2.38. The molecule has 0 bridgehead atoms. The number of aromatic nitrogens is 1. The zero-order chi connectivity index (χ0) is 25.0. The fourth-order valence-corrected chi connectivity index (χ4v) is 3.67. The van der Waals surface area contributed by atoms with Gasteiger partial charge in [-0.2, -0.15) is 0 Å². The lowest BCUT2D eigenvalue weighted by molar-refractivity contribution is -0.275. The lowest BCUT2D eigenvalue weighted by atomic mass is 9.98. The molecule has 0 saturated heterocycles. The van der Waals surface area contributed by atoms with E-state index in [4.69, 9.17) is 4.74 Å². The van der Waals surface area contributed by atoms with Crippen LogP contribution in [0, 0.1) is 11.6 Å². The quantitative estimate of drug-likeness (QED) is 0.192. The van der Waals surface area contributed by atoms with Gasteiger partial charge < -0.3 is 9.47 Å². The van der Waals surface area contributed by atoms with Crippen LogP contribution in [0.2, 0.25) is 0 Å². The molecule has 8 heteroatoms. The Balaban J connectivity index is 1.49. The van der Waals surface area contributed by atoms with Crippen LogP contribution < -0.4 is 9.47 Å². The first-order valence-electron chi connectivity index (χ1n) is 10.7. The third-order valence-electron chi connectivity index (χ3n) is 5.34. The number of fused-ring (bicyclic) bond motifs is 1. The molecule has 3 nitrogen and oxygen atoms in total. The molecular weight excluding hydrogens is 465 g/mol. The fourth-order valence-electron chi connectivity index (χ4n) is 3.67. The van der Waals surface area contributed by atoms with Gasteiger partial charge in [-0.25, -0.2) is 8.78 Å². The predicted molar refractivity (Wildman–Crippen MR) is 123 cm³/mol. The fraction of sp³-hybridized carbons (Fsp3) is 0.148. The zero-order valence-corrected chi connectivity index (χ0v) is 18.4. The normalized spacial score (nSPS) is 11.5. The number of ether oxygens (including phenoxy) is 2. The maximum absolute atomic E-state index is 15.1. The summed E-state index contributed by atoms with van der Waals surface area (Å²) < 4.78 is 75.0. The first-order chi connectivity index (χ1) is 16.7. The lowest BCUT2D eigenvalue weighted by Gasteiger charge is -2.11. The van der Waals surface area contributed by atoms with Crippen LogP contribution >= 0.6 is 0 Å². The van der Waals surface area contributed by atoms with Gasteiger partial charge >= 0.3 is 6.36 Å². The molecule has 4 rings (SSSR count). The molecule has 0 saturated carbocycles. The standard InChI is InChI=1S/C27H20F5NO2/c1-2-13-34-21-9-11-24(33-16-21)20-8-10-22-19(15-20)7-6-18(26(22)29)5-3-17-4-12-25(23(28)14-17)35-27(30,31)32/h2,4,6-12,14-16H,1,3,5,13H2. The van der Waals surface area contributed by atoms with E-state index in [2.05, 4.69) is 16.3 Å².